The Kier molecular flexibility index (Phi) is 3.74. The van der Waals surface area contributed by atoms with Gasteiger partial charge < -0.3 is 14.8 Å². The van der Waals surface area contributed by atoms with Gasteiger partial charge in [0.2, 0.25) is 0 Å². The fourth-order valence-electron chi connectivity index (χ4n) is 1.52. The first-order chi connectivity index (χ1) is 9.04. The van der Waals surface area contributed by atoms with E-state index in [1.165, 1.54) is 12.1 Å². The monoisotopic (exact) mass is 268 g/mol. The van der Waals surface area contributed by atoms with E-state index < -0.39 is 17.6 Å². The number of halogens is 2. The molecule has 0 unspecified atom stereocenters. The smallest absolute Gasteiger partial charge is 0.357 e. The number of carbonyl (C=O) groups is 1. The molecule has 0 amide bonds. The highest BCUT2D eigenvalue weighted by Crippen LogP contribution is 2.10. The molecule has 0 saturated heterocycles. The summed E-state index contributed by atoms with van der Waals surface area (Å²) < 4.78 is 30.7. The van der Waals surface area contributed by atoms with Gasteiger partial charge in [0.05, 0.1) is 0 Å². The molecule has 19 heavy (non-hydrogen) atoms. The Morgan fingerprint density at radius 2 is 2.00 bits per heavy atom. The van der Waals surface area contributed by atoms with Crippen LogP contribution in [0, 0.1) is 11.6 Å². The molecule has 0 atom stereocenters. The van der Waals surface area contributed by atoms with Crippen LogP contribution in [0.5, 0.6) is 0 Å². The van der Waals surface area contributed by atoms with Crippen LogP contribution in [0.15, 0.2) is 28.9 Å². The zero-order valence-electron chi connectivity index (χ0n) is 9.69. The summed E-state index contributed by atoms with van der Waals surface area (Å²) in [5.41, 5.74) is 0.273. The van der Waals surface area contributed by atoms with Crippen molar-refractivity contribution >= 4 is 12.0 Å². The lowest BCUT2D eigenvalue weighted by molar-refractivity contribution is 0.0690. The van der Waals surface area contributed by atoms with Crippen molar-refractivity contribution in [2.75, 3.05) is 11.9 Å². The molecular formula is C12H10F2N2O3. The standard InChI is InChI=1S/C12H10F2N2O3/c13-8-3-7(4-9(14)5-8)1-2-15-12-16-10(6-19-12)11(17)18/h3-6H,1-2H2,(H,15,16)(H,17,18). The molecule has 0 aliphatic heterocycles. The quantitative estimate of drug-likeness (QED) is 0.870. The van der Waals surface area contributed by atoms with Gasteiger partial charge in [0.15, 0.2) is 5.69 Å². The average Bonchev–Trinajstić information content (AvgIpc) is 2.76. The van der Waals surface area contributed by atoms with Gasteiger partial charge in [-0.25, -0.2) is 13.6 Å². The number of aromatic carboxylic acids is 1. The normalized spacial score (nSPS) is 10.4. The third kappa shape index (κ3) is 3.51. The molecule has 0 saturated carbocycles. The number of benzene rings is 1. The van der Waals surface area contributed by atoms with Crippen LogP contribution in [0.1, 0.15) is 16.1 Å². The third-order valence-electron chi connectivity index (χ3n) is 2.34. The first kappa shape index (κ1) is 13.0. The summed E-state index contributed by atoms with van der Waals surface area (Å²) in [7, 11) is 0. The predicted molar refractivity (Wildman–Crippen MR) is 62.0 cm³/mol. The number of hydrogen-bond donors (Lipinski definition) is 2. The minimum absolute atomic E-state index is 0.0503. The van der Waals surface area contributed by atoms with Gasteiger partial charge in [0.25, 0.3) is 6.01 Å². The van der Waals surface area contributed by atoms with Crippen molar-refractivity contribution in [1.29, 1.82) is 0 Å². The highest BCUT2D eigenvalue weighted by molar-refractivity contribution is 5.85. The second kappa shape index (κ2) is 5.47. The molecule has 0 aliphatic rings. The summed E-state index contributed by atoms with van der Waals surface area (Å²) in [5.74, 6) is -2.47. The van der Waals surface area contributed by atoms with Gasteiger partial charge in [0.1, 0.15) is 17.9 Å². The van der Waals surface area contributed by atoms with Gasteiger partial charge in [-0.2, -0.15) is 4.98 Å². The summed E-state index contributed by atoms with van der Waals surface area (Å²) in [6.45, 7) is 0.308. The van der Waals surface area contributed by atoms with E-state index in [9.17, 15) is 13.6 Å². The topological polar surface area (TPSA) is 75.4 Å². The Balaban J connectivity index is 1.90. The highest BCUT2D eigenvalue weighted by atomic mass is 19.1. The maximum atomic E-state index is 12.9. The van der Waals surface area contributed by atoms with Crippen LogP contribution < -0.4 is 5.32 Å². The molecular weight excluding hydrogens is 258 g/mol. The lowest BCUT2D eigenvalue weighted by Crippen LogP contribution is -2.06. The Hall–Kier alpha value is -2.44. The Morgan fingerprint density at radius 1 is 1.32 bits per heavy atom. The maximum Gasteiger partial charge on any atom is 0.357 e. The van der Waals surface area contributed by atoms with E-state index in [2.05, 4.69) is 10.3 Å². The summed E-state index contributed by atoms with van der Waals surface area (Å²) in [6, 6.07) is 3.30. The van der Waals surface area contributed by atoms with E-state index in [0.29, 0.717) is 18.5 Å². The van der Waals surface area contributed by atoms with Gasteiger partial charge in [-0.3, -0.25) is 0 Å². The lowest BCUT2D eigenvalue weighted by Gasteiger charge is -2.03. The molecule has 0 fully saturated rings. The largest absolute Gasteiger partial charge is 0.476 e. The number of nitrogens with zero attached hydrogens (tertiary/aromatic N) is 1. The molecule has 2 rings (SSSR count). The predicted octanol–water partition coefficient (Wildman–Crippen LogP) is 2.31. The fourth-order valence-corrected chi connectivity index (χ4v) is 1.52. The maximum absolute atomic E-state index is 12.9. The van der Waals surface area contributed by atoms with Crippen LogP contribution in [0.25, 0.3) is 0 Å². The number of carboxylic acid groups (broad SMARTS) is 1. The second-order valence-electron chi connectivity index (χ2n) is 3.80. The Labute approximate surface area is 106 Å². The zero-order chi connectivity index (χ0) is 13.8. The minimum Gasteiger partial charge on any atom is -0.476 e. The summed E-state index contributed by atoms with van der Waals surface area (Å²) >= 11 is 0. The van der Waals surface area contributed by atoms with Crippen LogP contribution >= 0.6 is 0 Å². The van der Waals surface area contributed by atoms with Gasteiger partial charge in [-0.1, -0.05) is 0 Å². The van der Waals surface area contributed by atoms with E-state index >= 15 is 0 Å². The van der Waals surface area contributed by atoms with Crippen LogP contribution in [-0.2, 0) is 6.42 Å². The lowest BCUT2D eigenvalue weighted by atomic mass is 10.1. The van der Waals surface area contributed by atoms with Crippen molar-refractivity contribution in [3.63, 3.8) is 0 Å². The SMILES string of the molecule is O=C(O)c1coc(NCCc2cc(F)cc(F)c2)n1. The minimum atomic E-state index is -1.19. The summed E-state index contributed by atoms with van der Waals surface area (Å²) in [5, 5.41) is 11.4. The number of oxazole rings is 1. The number of hydrogen-bond acceptors (Lipinski definition) is 4. The van der Waals surface area contributed by atoms with Crippen molar-refractivity contribution < 1.29 is 23.1 Å². The van der Waals surface area contributed by atoms with Crippen molar-refractivity contribution in [1.82, 2.24) is 4.98 Å². The number of rotatable bonds is 5. The van der Waals surface area contributed by atoms with E-state index in [1.54, 1.807) is 0 Å². The first-order valence-corrected chi connectivity index (χ1v) is 5.42. The van der Waals surface area contributed by atoms with Gasteiger partial charge in [0, 0.05) is 12.6 Å². The molecule has 0 spiro atoms. The molecule has 0 bridgehead atoms. The molecule has 7 heteroatoms. The van der Waals surface area contributed by atoms with Gasteiger partial charge >= 0.3 is 5.97 Å². The van der Waals surface area contributed by atoms with Crippen molar-refractivity contribution in [2.24, 2.45) is 0 Å². The molecule has 1 aromatic heterocycles. The third-order valence-corrected chi connectivity index (χ3v) is 2.34. The molecule has 100 valence electrons. The van der Waals surface area contributed by atoms with Crippen molar-refractivity contribution in [3.8, 4) is 0 Å². The molecule has 1 aromatic carbocycles. The second-order valence-corrected chi connectivity index (χ2v) is 3.80. The average molecular weight is 268 g/mol. The van der Waals surface area contributed by atoms with E-state index in [0.717, 1.165) is 12.3 Å². The van der Waals surface area contributed by atoms with E-state index in [1.807, 2.05) is 0 Å². The molecule has 2 N–H and O–H groups in total. The molecule has 0 radical (unpaired) electrons. The Bertz CT molecular complexity index is 578. The molecule has 1 heterocycles. The molecule has 5 nitrogen and oxygen atoms in total. The molecule has 0 aliphatic carbocycles. The van der Waals surface area contributed by atoms with E-state index in [-0.39, 0.29) is 11.7 Å². The number of aromatic nitrogens is 1. The van der Waals surface area contributed by atoms with Crippen molar-refractivity contribution in [2.45, 2.75) is 6.42 Å². The summed E-state index contributed by atoms with van der Waals surface area (Å²) in [6.07, 6.45) is 1.35. The molecule has 2 aromatic rings. The van der Waals surface area contributed by atoms with Crippen LogP contribution in [0.3, 0.4) is 0 Å². The summed E-state index contributed by atoms with van der Waals surface area (Å²) in [4.78, 5) is 14.2. The van der Waals surface area contributed by atoms with Crippen LogP contribution in [0.2, 0.25) is 0 Å². The fraction of sp³-hybridized carbons (Fsp3) is 0.167. The van der Waals surface area contributed by atoms with Crippen molar-refractivity contribution in [3.05, 3.63) is 47.4 Å². The van der Waals surface area contributed by atoms with Crippen LogP contribution in [0.4, 0.5) is 14.8 Å². The zero-order valence-corrected chi connectivity index (χ0v) is 9.69. The van der Waals surface area contributed by atoms with Gasteiger partial charge in [-0.05, 0) is 24.1 Å². The number of carboxylic acids is 1. The van der Waals surface area contributed by atoms with E-state index in [4.69, 9.17) is 9.52 Å². The number of nitrogens with one attached hydrogen (secondary N) is 1. The van der Waals surface area contributed by atoms with Gasteiger partial charge in [-0.15, -0.1) is 0 Å². The first-order valence-electron chi connectivity index (χ1n) is 5.42. The number of anilines is 1. The highest BCUT2D eigenvalue weighted by Gasteiger charge is 2.09. The Morgan fingerprint density at radius 3 is 2.58 bits per heavy atom. The van der Waals surface area contributed by atoms with Crippen LogP contribution in [-0.4, -0.2) is 22.6 Å².